The maximum Gasteiger partial charge on any atom is 0.137 e. The average Bonchev–Trinajstić information content (AvgIpc) is 3.28. The van der Waals surface area contributed by atoms with E-state index < -0.39 is 0 Å². The molecule has 6 nitrogen and oxygen atoms in total. The van der Waals surface area contributed by atoms with Crippen molar-refractivity contribution in [2.24, 2.45) is 0 Å². The van der Waals surface area contributed by atoms with Gasteiger partial charge >= 0.3 is 0 Å². The summed E-state index contributed by atoms with van der Waals surface area (Å²) in [6.45, 7) is 3.84. The molecule has 0 radical (unpaired) electrons. The van der Waals surface area contributed by atoms with Gasteiger partial charge in [0.15, 0.2) is 0 Å². The van der Waals surface area contributed by atoms with E-state index in [0.29, 0.717) is 23.1 Å². The molecule has 2 aromatic carbocycles. The molecule has 2 aromatic heterocycles. The van der Waals surface area contributed by atoms with Crippen LogP contribution in [0.4, 0.5) is 0 Å². The molecule has 3 heterocycles. The van der Waals surface area contributed by atoms with Crippen LogP contribution in [0.2, 0.25) is 10.3 Å². The third kappa shape index (κ3) is 3.99. The Labute approximate surface area is 202 Å². The number of Topliss-reactive ketones (excluding diaryl/α,β-unsaturated/α-hetero) is 1. The molecule has 5 rings (SSSR count). The van der Waals surface area contributed by atoms with Crippen molar-refractivity contribution in [1.82, 2.24) is 24.9 Å². The van der Waals surface area contributed by atoms with Crippen molar-refractivity contribution in [3.05, 3.63) is 93.5 Å². The fraction of sp³-hybridized carbons (Fsp3) is 0.240. The molecular weight excluding hydrogens is 457 g/mol. The molecule has 1 aliphatic rings. The number of benzene rings is 2. The minimum absolute atomic E-state index is 0.148. The van der Waals surface area contributed by atoms with Gasteiger partial charge in [0.1, 0.15) is 16.1 Å². The summed E-state index contributed by atoms with van der Waals surface area (Å²) < 4.78 is 3.43. The number of nitrogens with zero attached hydrogens (tertiary/aromatic N) is 4. The number of ketones is 1. The molecule has 0 amide bonds. The molecule has 168 valence electrons. The van der Waals surface area contributed by atoms with Gasteiger partial charge in [-0.2, -0.15) is 10.2 Å². The van der Waals surface area contributed by atoms with E-state index in [1.165, 1.54) is 0 Å². The van der Waals surface area contributed by atoms with Gasteiger partial charge in [0.05, 0.1) is 22.8 Å². The van der Waals surface area contributed by atoms with Crippen LogP contribution in [-0.2, 0) is 4.79 Å². The Kier molecular flexibility index (Phi) is 5.83. The highest BCUT2D eigenvalue weighted by atomic mass is 35.5. The van der Waals surface area contributed by atoms with Crippen LogP contribution in [0.15, 0.2) is 60.7 Å². The number of nitrogens with one attached hydrogen (secondary N) is 1. The van der Waals surface area contributed by atoms with Crippen molar-refractivity contribution in [2.45, 2.75) is 38.8 Å². The second kappa shape index (κ2) is 8.78. The Morgan fingerprint density at radius 1 is 0.758 bits per heavy atom. The van der Waals surface area contributed by atoms with E-state index in [0.717, 1.165) is 33.9 Å². The lowest BCUT2D eigenvalue weighted by molar-refractivity contribution is -0.121. The summed E-state index contributed by atoms with van der Waals surface area (Å²) in [7, 11) is 0. The average molecular weight is 480 g/mol. The Morgan fingerprint density at radius 2 is 1.15 bits per heavy atom. The second-order valence-corrected chi connectivity index (χ2v) is 9.01. The van der Waals surface area contributed by atoms with Gasteiger partial charge in [0, 0.05) is 36.1 Å². The van der Waals surface area contributed by atoms with Gasteiger partial charge in [0.25, 0.3) is 0 Å². The van der Waals surface area contributed by atoms with Crippen molar-refractivity contribution < 1.29 is 4.79 Å². The molecule has 2 unspecified atom stereocenters. The predicted molar refractivity (Wildman–Crippen MR) is 129 cm³/mol. The Hall–Kier alpha value is -2.93. The largest absolute Gasteiger partial charge is 0.302 e. The number of carbonyl (C=O) groups excluding carboxylic acids is 1. The lowest BCUT2D eigenvalue weighted by atomic mass is 9.89. The van der Waals surface area contributed by atoms with Crippen molar-refractivity contribution in [1.29, 1.82) is 0 Å². The van der Waals surface area contributed by atoms with Gasteiger partial charge in [-0.3, -0.25) is 4.79 Å². The van der Waals surface area contributed by atoms with E-state index in [1.54, 1.807) is 9.36 Å². The van der Waals surface area contributed by atoms with Crippen LogP contribution in [0.3, 0.4) is 0 Å². The Bertz CT molecular complexity index is 1210. The maximum absolute atomic E-state index is 12.8. The normalized spacial score (nSPS) is 18.6. The standard InChI is InChI=1S/C25H23Cl2N5O/c1-15-22(24(26)31(29-15)17-9-5-3-6-10-17)20-13-19(33)14-21(28-20)23-16(2)30-32(25(23)27)18-11-7-4-8-12-18/h3-12,20-21,28H,13-14H2,1-2H3. The highest BCUT2D eigenvalue weighted by Crippen LogP contribution is 2.39. The zero-order valence-electron chi connectivity index (χ0n) is 18.3. The van der Waals surface area contributed by atoms with Gasteiger partial charge in [-0.05, 0) is 38.1 Å². The molecule has 0 saturated carbocycles. The third-order valence-electron chi connectivity index (χ3n) is 6.06. The first-order valence-corrected chi connectivity index (χ1v) is 11.6. The highest BCUT2D eigenvalue weighted by molar-refractivity contribution is 6.31. The van der Waals surface area contributed by atoms with E-state index in [4.69, 9.17) is 23.2 Å². The molecule has 0 aliphatic carbocycles. The van der Waals surface area contributed by atoms with E-state index >= 15 is 0 Å². The lowest BCUT2D eigenvalue weighted by Crippen LogP contribution is -2.35. The molecular formula is C25H23Cl2N5O. The van der Waals surface area contributed by atoms with Crippen LogP contribution in [0.25, 0.3) is 11.4 Å². The SMILES string of the molecule is Cc1nn(-c2ccccc2)c(Cl)c1C1CC(=O)CC(c2c(C)nn(-c3ccccc3)c2Cl)N1. The van der Waals surface area contributed by atoms with Gasteiger partial charge < -0.3 is 5.32 Å². The lowest BCUT2D eigenvalue weighted by Gasteiger charge is -2.30. The zero-order chi connectivity index (χ0) is 23.1. The molecule has 4 aromatic rings. The fourth-order valence-corrected chi connectivity index (χ4v) is 5.37. The Balaban J connectivity index is 1.51. The first-order chi connectivity index (χ1) is 15.9. The molecule has 0 bridgehead atoms. The predicted octanol–water partition coefficient (Wildman–Crippen LogP) is 5.72. The van der Waals surface area contributed by atoms with E-state index in [-0.39, 0.29) is 17.9 Å². The number of hydrogen-bond donors (Lipinski definition) is 1. The fourth-order valence-electron chi connectivity index (χ4n) is 4.56. The van der Waals surface area contributed by atoms with Gasteiger partial charge in [0.2, 0.25) is 0 Å². The summed E-state index contributed by atoms with van der Waals surface area (Å²) >= 11 is 13.6. The summed E-state index contributed by atoms with van der Waals surface area (Å²) in [5.74, 6) is 0.148. The highest BCUT2D eigenvalue weighted by Gasteiger charge is 2.35. The van der Waals surface area contributed by atoms with Crippen molar-refractivity contribution in [3.8, 4) is 11.4 Å². The molecule has 8 heteroatoms. The zero-order valence-corrected chi connectivity index (χ0v) is 19.8. The molecule has 1 fully saturated rings. The number of aryl methyl sites for hydroxylation is 2. The summed E-state index contributed by atoms with van der Waals surface area (Å²) in [5, 5.41) is 13.9. The monoisotopic (exact) mass is 479 g/mol. The summed E-state index contributed by atoms with van der Waals surface area (Å²) in [6.07, 6.45) is 0.696. The molecule has 0 spiro atoms. The number of aromatic nitrogens is 4. The second-order valence-electron chi connectivity index (χ2n) is 8.29. The summed E-state index contributed by atoms with van der Waals surface area (Å²) in [4.78, 5) is 12.8. The molecule has 1 saturated heterocycles. The van der Waals surface area contributed by atoms with Crippen molar-refractivity contribution in [2.75, 3.05) is 0 Å². The quantitative estimate of drug-likeness (QED) is 0.406. The van der Waals surface area contributed by atoms with Gasteiger partial charge in [-0.15, -0.1) is 0 Å². The summed E-state index contributed by atoms with van der Waals surface area (Å²) in [5.41, 5.74) is 5.00. The molecule has 1 N–H and O–H groups in total. The van der Waals surface area contributed by atoms with E-state index in [9.17, 15) is 4.79 Å². The van der Waals surface area contributed by atoms with Crippen molar-refractivity contribution in [3.63, 3.8) is 0 Å². The minimum atomic E-state index is -0.267. The van der Waals surface area contributed by atoms with Crippen LogP contribution < -0.4 is 5.32 Å². The molecule has 1 aliphatic heterocycles. The first-order valence-electron chi connectivity index (χ1n) is 10.8. The third-order valence-corrected chi connectivity index (χ3v) is 6.79. The van der Waals surface area contributed by atoms with Crippen LogP contribution >= 0.6 is 23.2 Å². The van der Waals surface area contributed by atoms with Crippen LogP contribution in [-0.4, -0.2) is 25.3 Å². The van der Waals surface area contributed by atoms with Crippen LogP contribution in [0.1, 0.15) is 47.4 Å². The number of hydrogen-bond acceptors (Lipinski definition) is 4. The van der Waals surface area contributed by atoms with Crippen LogP contribution in [0.5, 0.6) is 0 Å². The maximum atomic E-state index is 12.8. The van der Waals surface area contributed by atoms with E-state index in [1.807, 2.05) is 74.5 Å². The molecule has 2 atom stereocenters. The smallest absolute Gasteiger partial charge is 0.137 e. The number of rotatable bonds is 4. The van der Waals surface area contributed by atoms with E-state index in [2.05, 4.69) is 15.5 Å². The number of para-hydroxylation sites is 2. The van der Waals surface area contributed by atoms with Crippen LogP contribution in [0, 0.1) is 13.8 Å². The minimum Gasteiger partial charge on any atom is -0.302 e. The number of carbonyl (C=O) groups is 1. The summed E-state index contributed by atoms with van der Waals surface area (Å²) in [6, 6.07) is 18.9. The van der Waals surface area contributed by atoms with Gasteiger partial charge in [-0.25, -0.2) is 9.36 Å². The first kappa shape index (κ1) is 21.9. The number of piperidine rings is 1. The van der Waals surface area contributed by atoms with Gasteiger partial charge in [-0.1, -0.05) is 59.6 Å². The Morgan fingerprint density at radius 3 is 1.55 bits per heavy atom. The number of halogens is 2. The van der Waals surface area contributed by atoms with Crippen molar-refractivity contribution >= 4 is 29.0 Å². The molecule has 33 heavy (non-hydrogen) atoms. The topological polar surface area (TPSA) is 64.7 Å².